The van der Waals surface area contributed by atoms with Crippen molar-refractivity contribution in [2.24, 2.45) is 0 Å². The molecule has 0 aromatic heterocycles. The van der Waals surface area contributed by atoms with Gasteiger partial charge in [0.25, 0.3) is 0 Å². The second-order valence-corrected chi connectivity index (χ2v) is 5.69. The van der Waals surface area contributed by atoms with Crippen LogP contribution in [-0.4, -0.2) is 48.1 Å². The first-order valence-electron chi connectivity index (χ1n) is 7.39. The number of anilines is 1. The SMILES string of the molecule is CC(C)OCC(O)CN1CCCc2c(C(=O)O)cccc21. The lowest BCUT2D eigenvalue weighted by atomic mass is 9.96. The Bertz CT molecular complexity index is 501. The van der Waals surface area contributed by atoms with Crippen molar-refractivity contribution >= 4 is 11.7 Å². The van der Waals surface area contributed by atoms with Gasteiger partial charge in [-0.1, -0.05) is 6.07 Å². The maximum absolute atomic E-state index is 11.3. The Labute approximate surface area is 125 Å². The van der Waals surface area contributed by atoms with E-state index in [9.17, 15) is 15.0 Å². The molecular formula is C16H23NO4. The average Bonchev–Trinajstić information content (AvgIpc) is 2.44. The molecule has 0 saturated carbocycles. The van der Waals surface area contributed by atoms with Crippen LogP contribution in [0.3, 0.4) is 0 Å². The van der Waals surface area contributed by atoms with E-state index in [1.807, 2.05) is 19.9 Å². The minimum Gasteiger partial charge on any atom is -0.478 e. The fourth-order valence-electron chi connectivity index (χ4n) is 2.70. The zero-order valence-electron chi connectivity index (χ0n) is 12.6. The van der Waals surface area contributed by atoms with E-state index in [1.165, 1.54) is 0 Å². The van der Waals surface area contributed by atoms with Crippen LogP contribution in [0.15, 0.2) is 18.2 Å². The lowest BCUT2D eigenvalue weighted by molar-refractivity contribution is 0.00880. The lowest BCUT2D eigenvalue weighted by Crippen LogP contribution is -2.38. The molecule has 21 heavy (non-hydrogen) atoms. The average molecular weight is 293 g/mol. The standard InChI is InChI=1S/C16H23NO4/c1-11(2)21-10-12(18)9-17-8-4-6-13-14(16(19)20)5-3-7-15(13)17/h3,5,7,11-12,18H,4,6,8-10H2,1-2H3,(H,19,20). The zero-order valence-corrected chi connectivity index (χ0v) is 12.6. The Morgan fingerprint density at radius 3 is 2.86 bits per heavy atom. The molecule has 1 atom stereocenters. The van der Waals surface area contributed by atoms with E-state index in [4.69, 9.17) is 4.74 Å². The summed E-state index contributed by atoms with van der Waals surface area (Å²) in [4.78, 5) is 13.3. The number of rotatable bonds is 6. The Hall–Kier alpha value is -1.59. The molecule has 116 valence electrons. The number of β-amino-alcohol motifs (C(OH)–C–C–N with tert-alkyl or cyclic N) is 1. The van der Waals surface area contributed by atoms with Crippen LogP contribution >= 0.6 is 0 Å². The summed E-state index contributed by atoms with van der Waals surface area (Å²) in [5.41, 5.74) is 2.16. The van der Waals surface area contributed by atoms with Gasteiger partial charge in [-0.2, -0.15) is 0 Å². The highest BCUT2D eigenvalue weighted by atomic mass is 16.5. The molecule has 0 spiro atoms. The van der Waals surface area contributed by atoms with Crippen molar-refractivity contribution in [2.45, 2.75) is 38.9 Å². The van der Waals surface area contributed by atoms with Crippen LogP contribution in [0.25, 0.3) is 0 Å². The predicted octanol–water partition coefficient (Wildman–Crippen LogP) is 1.92. The first kappa shape index (κ1) is 15.8. The van der Waals surface area contributed by atoms with Crippen molar-refractivity contribution < 1.29 is 19.7 Å². The summed E-state index contributed by atoms with van der Waals surface area (Å²) in [6, 6.07) is 5.33. The van der Waals surface area contributed by atoms with Gasteiger partial charge in [0.1, 0.15) is 0 Å². The van der Waals surface area contributed by atoms with E-state index in [0.29, 0.717) is 18.7 Å². The van der Waals surface area contributed by atoms with E-state index in [-0.39, 0.29) is 6.10 Å². The Morgan fingerprint density at radius 1 is 1.43 bits per heavy atom. The van der Waals surface area contributed by atoms with Crippen LogP contribution < -0.4 is 4.90 Å². The summed E-state index contributed by atoms with van der Waals surface area (Å²) in [5.74, 6) is -0.891. The Morgan fingerprint density at radius 2 is 2.19 bits per heavy atom. The van der Waals surface area contributed by atoms with Crippen molar-refractivity contribution in [3.05, 3.63) is 29.3 Å². The number of aliphatic hydroxyl groups excluding tert-OH is 1. The van der Waals surface area contributed by atoms with Crippen LogP contribution in [-0.2, 0) is 11.2 Å². The first-order chi connectivity index (χ1) is 9.99. The molecule has 0 aliphatic carbocycles. The zero-order chi connectivity index (χ0) is 15.4. The van der Waals surface area contributed by atoms with E-state index in [0.717, 1.165) is 30.6 Å². The molecular weight excluding hydrogens is 270 g/mol. The van der Waals surface area contributed by atoms with Gasteiger partial charge >= 0.3 is 5.97 Å². The number of carboxylic acids is 1. The molecule has 0 bridgehead atoms. The highest BCUT2D eigenvalue weighted by Crippen LogP contribution is 2.30. The largest absolute Gasteiger partial charge is 0.478 e. The lowest BCUT2D eigenvalue weighted by Gasteiger charge is -2.33. The second kappa shape index (κ2) is 6.91. The fourth-order valence-corrected chi connectivity index (χ4v) is 2.70. The van der Waals surface area contributed by atoms with Crippen molar-refractivity contribution in [3.8, 4) is 0 Å². The number of nitrogens with zero attached hydrogens (tertiary/aromatic N) is 1. The number of hydrogen-bond donors (Lipinski definition) is 2. The molecule has 2 rings (SSSR count). The summed E-state index contributed by atoms with van der Waals surface area (Å²) in [7, 11) is 0. The van der Waals surface area contributed by atoms with Crippen molar-refractivity contribution in [1.82, 2.24) is 0 Å². The van der Waals surface area contributed by atoms with Gasteiger partial charge in [0.2, 0.25) is 0 Å². The molecule has 1 heterocycles. The highest BCUT2D eigenvalue weighted by Gasteiger charge is 2.23. The third kappa shape index (κ3) is 3.95. The van der Waals surface area contributed by atoms with Crippen molar-refractivity contribution in [1.29, 1.82) is 0 Å². The molecule has 1 aliphatic heterocycles. The van der Waals surface area contributed by atoms with Gasteiger partial charge in [-0.25, -0.2) is 4.79 Å². The van der Waals surface area contributed by atoms with Crippen LogP contribution in [0.1, 0.15) is 36.2 Å². The quantitative estimate of drug-likeness (QED) is 0.838. The molecule has 0 amide bonds. The monoisotopic (exact) mass is 293 g/mol. The summed E-state index contributed by atoms with van der Waals surface area (Å²) in [5, 5.41) is 19.3. The molecule has 5 heteroatoms. The van der Waals surface area contributed by atoms with Gasteiger partial charge in [0, 0.05) is 18.8 Å². The van der Waals surface area contributed by atoms with Gasteiger partial charge < -0.3 is 19.8 Å². The van der Waals surface area contributed by atoms with Gasteiger partial charge in [-0.05, 0) is 44.4 Å². The third-order valence-corrected chi connectivity index (χ3v) is 3.63. The molecule has 0 radical (unpaired) electrons. The predicted molar refractivity (Wildman–Crippen MR) is 81.0 cm³/mol. The molecule has 1 aromatic rings. The second-order valence-electron chi connectivity index (χ2n) is 5.69. The molecule has 0 saturated heterocycles. The maximum Gasteiger partial charge on any atom is 0.336 e. The Kier molecular flexibility index (Phi) is 5.20. The summed E-state index contributed by atoms with van der Waals surface area (Å²) < 4.78 is 5.42. The number of benzene rings is 1. The van der Waals surface area contributed by atoms with Crippen LogP contribution in [0.4, 0.5) is 5.69 Å². The van der Waals surface area contributed by atoms with Crippen LogP contribution in [0.2, 0.25) is 0 Å². The number of aliphatic hydroxyl groups is 1. The normalized spacial score (nSPS) is 15.9. The summed E-state index contributed by atoms with van der Waals surface area (Å²) in [6.45, 7) is 5.45. The molecule has 2 N–H and O–H groups in total. The van der Waals surface area contributed by atoms with Gasteiger partial charge in [-0.3, -0.25) is 0 Å². The van der Waals surface area contributed by atoms with Gasteiger partial charge in [-0.15, -0.1) is 0 Å². The summed E-state index contributed by atoms with van der Waals surface area (Å²) >= 11 is 0. The number of carboxylic acid groups (broad SMARTS) is 1. The third-order valence-electron chi connectivity index (χ3n) is 3.63. The maximum atomic E-state index is 11.3. The molecule has 1 aromatic carbocycles. The first-order valence-corrected chi connectivity index (χ1v) is 7.39. The minimum absolute atomic E-state index is 0.0897. The number of hydrogen-bond acceptors (Lipinski definition) is 4. The van der Waals surface area contributed by atoms with Gasteiger partial charge in [0.15, 0.2) is 0 Å². The van der Waals surface area contributed by atoms with Crippen molar-refractivity contribution in [2.75, 3.05) is 24.6 Å². The van der Waals surface area contributed by atoms with E-state index in [1.54, 1.807) is 12.1 Å². The number of fused-ring (bicyclic) bond motifs is 1. The number of ether oxygens (including phenoxy) is 1. The topological polar surface area (TPSA) is 70.0 Å². The molecule has 1 aliphatic rings. The molecule has 0 fully saturated rings. The number of carbonyl (C=O) groups is 1. The van der Waals surface area contributed by atoms with Gasteiger partial charge in [0.05, 0.1) is 24.4 Å². The van der Waals surface area contributed by atoms with Crippen molar-refractivity contribution in [3.63, 3.8) is 0 Å². The number of aromatic carboxylic acids is 1. The van der Waals surface area contributed by atoms with E-state index in [2.05, 4.69) is 4.90 Å². The molecule has 5 nitrogen and oxygen atoms in total. The van der Waals surface area contributed by atoms with E-state index >= 15 is 0 Å². The Balaban J connectivity index is 2.11. The highest BCUT2D eigenvalue weighted by molar-refractivity contribution is 5.91. The van der Waals surface area contributed by atoms with Crippen LogP contribution in [0.5, 0.6) is 0 Å². The summed E-state index contributed by atoms with van der Waals surface area (Å²) in [6.07, 6.45) is 1.18. The fraction of sp³-hybridized carbons (Fsp3) is 0.562. The molecule has 1 unspecified atom stereocenters. The van der Waals surface area contributed by atoms with Crippen LogP contribution in [0, 0.1) is 0 Å². The minimum atomic E-state index is -0.891. The smallest absolute Gasteiger partial charge is 0.336 e. The van der Waals surface area contributed by atoms with E-state index < -0.39 is 12.1 Å².